The first-order chi connectivity index (χ1) is 22.7. The third-order valence-corrected chi connectivity index (χ3v) is 8.56. The fourth-order valence-corrected chi connectivity index (χ4v) is 5.97. The number of anilines is 3. The van der Waals surface area contributed by atoms with E-state index < -0.39 is 0 Å². The van der Waals surface area contributed by atoms with E-state index in [1.165, 1.54) is 32.1 Å². The number of amides is 2. The second kappa shape index (κ2) is 18.0. The van der Waals surface area contributed by atoms with Gasteiger partial charge in [-0.25, -0.2) is 15.3 Å². The lowest BCUT2D eigenvalue weighted by atomic mass is 9.95. The highest BCUT2D eigenvalue weighted by Gasteiger charge is 2.24. The van der Waals surface area contributed by atoms with Crippen LogP contribution in [0.5, 0.6) is 0 Å². The van der Waals surface area contributed by atoms with Gasteiger partial charge in [0.1, 0.15) is 5.82 Å². The molecule has 0 atom stereocenters. The van der Waals surface area contributed by atoms with E-state index in [-0.39, 0.29) is 6.03 Å². The molecular formula is C34H49N11O. The number of rotatable bonds is 16. The number of hydrogen-bond donors (Lipinski definition) is 6. The number of nitrogens with one attached hydrogen (secondary N) is 6. The molecule has 246 valence electrons. The summed E-state index contributed by atoms with van der Waals surface area (Å²) in [7, 11) is 0. The SMILES string of the molecule is N=N/C(=C\NCCCNCCCNC1CCCCC1)CNc1nc(N2CCN(C(=O)Nc3ccccc3)CC2)c2ccccc2n1. The number of urea groups is 1. The van der Waals surface area contributed by atoms with Crippen molar-refractivity contribution >= 4 is 34.4 Å². The van der Waals surface area contributed by atoms with Crippen molar-refractivity contribution in [3.63, 3.8) is 0 Å². The molecule has 0 spiro atoms. The number of benzene rings is 2. The lowest BCUT2D eigenvalue weighted by molar-refractivity contribution is 0.208. The van der Waals surface area contributed by atoms with Gasteiger partial charge in [-0.15, -0.1) is 0 Å². The van der Waals surface area contributed by atoms with Crippen LogP contribution in [0.3, 0.4) is 0 Å². The van der Waals surface area contributed by atoms with E-state index >= 15 is 0 Å². The Labute approximate surface area is 272 Å². The van der Waals surface area contributed by atoms with Crippen molar-refractivity contribution in [1.82, 2.24) is 30.8 Å². The summed E-state index contributed by atoms with van der Waals surface area (Å²) >= 11 is 0. The standard InChI is InChI=1S/C34H49N11O/c35-43-29(25-37-19-9-17-36-18-10-20-38-27-11-3-1-4-12-27)26-39-33-41-31-16-8-7-15-30(31)32(42-33)44-21-23-45(24-22-44)34(46)40-28-13-5-2-6-14-28/h2,5-8,13-16,25,27,35-38H,1,3-4,9-12,17-24,26H2,(H,40,46)(H,39,41,42)/b29-25-,43-35?. The number of carbonyl (C=O) groups is 1. The Morgan fingerprint density at radius 2 is 1.63 bits per heavy atom. The molecule has 6 N–H and O–H groups in total. The fraction of sp³-hybridized carbons (Fsp3) is 0.500. The molecule has 2 amide bonds. The summed E-state index contributed by atoms with van der Waals surface area (Å²) in [6.07, 6.45) is 10.7. The first kappa shape index (κ1) is 33.1. The minimum Gasteiger partial charge on any atom is -0.389 e. The molecule has 1 aliphatic carbocycles. The van der Waals surface area contributed by atoms with Gasteiger partial charge in [-0.1, -0.05) is 49.6 Å². The minimum atomic E-state index is -0.0957. The Morgan fingerprint density at radius 1 is 0.891 bits per heavy atom. The van der Waals surface area contributed by atoms with Crippen molar-refractivity contribution in [1.29, 1.82) is 5.53 Å². The van der Waals surface area contributed by atoms with Crippen molar-refractivity contribution in [3.05, 3.63) is 66.5 Å². The molecule has 46 heavy (non-hydrogen) atoms. The van der Waals surface area contributed by atoms with Crippen LogP contribution in [0.25, 0.3) is 10.9 Å². The van der Waals surface area contributed by atoms with Crippen molar-refractivity contribution in [2.75, 3.05) is 74.4 Å². The van der Waals surface area contributed by atoms with Crippen LogP contribution in [0.15, 0.2) is 71.6 Å². The summed E-state index contributed by atoms with van der Waals surface area (Å²) in [6, 6.07) is 18.1. The molecule has 0 radical (unpaired) electrons. The zero-order valence-electron chi connectivity index (χ0n) is 26.8. The molecule has 1 aliphatic heterocycles. The van der Waals surface area contributed by atoms with E-state index in [9.17, 15) is 4.79 Å². The molecule has 12 heteroatoms. The fourth-order valence-electron chi connectivity index (χ4n) is 5.97. The Balaban J connectivity index is 1.05. The zero-order chi connectivity index (χ0) is 31.8. The molecular weight excluding hydrogens is 578 g/mol. The molecule has 2 fully saturated rings. The van der Waals surface area contributed by atoms with Crippen LogP contribution in [0.2, 0.25) is 0 Å². The summed E-state index contributed by atoms with van der Waals surface area (Å²) in [5.41, 5.74) is 9.83. The van der Waals surface area contributed by atoms with E-state index in [4.69, 9.17) is 15.5 Å². The predicted molar refractivity (Wildman–Crippen MR) is 185 cm³/mol. The van der Waals surface area contributed by atoms with Crippen LogP contribution in [0, 0.1) is 5.53 Å². The first-order valence-corrected chi connectivity index (χ1v) is 16.8. The average molecular weight is 628 g/mol. The van der Waals surface area contributed by atoms with Gasteiger partial charge in [-0.05, 0) is 69.6 Å². The van der Waals surface area contributed by atoms with Crippen molar-refractivity contribution in [2.45, 2.75) is 51.0 Å². The second-order valence-corrected chi connectivity index (χ2v) is 12.0. The van der Waals surface area contributed by atoms with Crippen LogP contribution in [-0.2, 0) is 0 Å². The second-order valence-electron chi connectivity index (χ2n) is 12.0. The van der Waals surface area contributed by atoms with Gasteiger partial charge >= 0.3 is 6.03 Å². The quantitative estimate of drug-likeness (QED) is 0.0945. The van der Waals surface area contributed by atoms with E-state index in [0.29, 0.717) is 44.4 Å². The maximum absolute atomic E-state index is 12.8. The Bertz CT molecular complexity index is 1400. The smallest absolute Gasteiger partial charge is 0.321 e. The largest absolute Gasteiger partial charge is 0.389 e. The van der Waals surface area contributed by atoms with Crippen LogP contribution in [-0.4, -0.2) is 85.8 Å². The number of fused-ring (bicyclic) bond motifs is 1. The molecule has 0 unspecified atom stereocenters. The van der Waals surface area contributed by atoms with Gasteiger partial charge < -0.3 is 36.4 Å². The molecule has 1 saturated carbocycles. The van der Waals surface area contributed by atoms with Gasteiger partial charge in [-0.3, -0.25) is 0 Å². The normalized spacial score (nSPS) is 16.0. The highest BCUT2D eigenvalue weighted by Crippen LogP contribution is 2.26. The molecule has 2 aromatic carbocycles. The summed E-state index contributed by atoms with van der Waals surface area (Å²) in [5, 5.41) is 21.4. The summed E-state index contributed by atoms with van der Waals surface area (Å²) in [5.74, 6) is 1.31. The van der Waals surface area contributed by atoms with Crippen molar-refractivity contribution in [2.24, 2.45) is 5.11 Å². The van der Waals surface area contributed by atoms with Crippen molar-refractivity contribution in [3.8, 4) is 0 Å². The molecule has 2 aliphatic rings. The molecule has 3 aromatic rings. The molecule has 1 aromatic heterocycles. The van der Waals surface area contributed by atoms with Gasteiger partial charge in [0.25, 0.3) is 0 Å². The average Bonchev–Trinajstić information content (AvgIpc) is 3.11. The van der Waals surface area contributed by atoms with Gasteiger partial charge in [0.15, 0.2) is 0 Å². The van der Waals surface area contributed by atoms with Gasteiger partial charge in [0, 0.05) is 56.0 Å². The topological polar surface area (TPSA) is 146 Å². The number of carbonyl (C=O) groups excluding carboxylic acids is 1. The number of nitrogens with zero attached hydrogens (tertiary/aromatic N) is 5. The Kier molecular flexibility index (Phi) is 12.9. The van der Waals surface area contributed by atoms with Gasteiger partial charge in [0.2, 0.25) is 5.95 Å². The van der Waals surface area contributed by atoms with E-state index in [1.54, 1.807) is 6.20 Å². The van der Waals surface area contributed by atoms with E-state index in [1.807, 2.05) is 59.5 Å². The monoisotopic (exact) mass is 627 g/mol. The number of piperazine rings is 1. The lowest BCUT2D eigenvalue weighted by Gasteiger charge is -2.35. The number of hydrogen-bond acceptors (Lipinski definition) is 10. The Hall–Kier alpha value is -4.29. The highest BCUT2D eigenvalue weighted by atomic mass is 16.2. The van der Waals surface area contributed by atoms with E-state index in [0.717, 1.165) is 67.5 Å². The molecule has 12 nitrogen and oxygen atoms in total. The maximum Gasteiger partial charge on any atom is 0.321 e. The minimum absolute atomic E-state index is 0.0957. The van der Waals surface area contributed by atoms with Gasteiger partial charge in [-0.2, -0.15) is 10.1 Å². The lowest BCUT2D eigenvalue weighted by Crippen LogP contribution is -2.50. The van der Waals surface area contributed by atoms with Crippen LogP contribution < -0.4 is 31.5 Å². The Morgan fingerprint density at radius 3 is 2.41 bits per heavy atom. The maximum atomic E-state index is 12.8. The third kappa shape index (κ3) is 10.1. The molecule has 1 saturated heterocycles. The number of para-hydroxylation sites is 2. The number of aromatic nitrogens is 2. The summed E-state index contributed by atoms with van der Waals surface area (Å²) in [4.78, 5) is 26.4. The van der Waals surface area contributed by atoms with Crippen LogP contribution in [0.4, 0.5) is 22.2 Å². The predicted octanol–water partition coefficient (Wildman–Crippen LogP) is 5.15. The van der Waals surface area contributed by atoms with Crippen LogP contribution in [0.1, 0.15) is 44.9 Å². The first-order valence-electron chi connectivity index (χ1n) is 16.8. The molecule has 2 heterocycles. The zero-order valence-corrected chi connectivity index (χ0v) is 26.8. The summed E-state index contributed by atoms with van der Waals surface area (Å²) < 4.78 is 0. The summed E-state index contributed by atoms with van der Waals surface area (Å²) in [6.45, 7) is 6.69. The highest BCUT2D eigenvalue weighted by molar-refractivity contribution is 5.91. The van der Waals surface area contributed by atoms with Crippen molar-refractivity contribution < 1.29 is 4.79 Å². The molecule has 0 bridgehead atoms. The van der Waals surface area contributed by atoms with Gasteiger partial charge in [0.05, 0.1) is 17.8 Å². The van der Waals surface area contributed by atoms with E-state index in [2.05, 4.69) is 36.6 Å². The van der Waals surface area contributed by atoms with Crippen LogP contribution >= 0.6 is 0 Å². The third-order valence-electron chi connectivity index (χ3n) is 8.56. The molecule has 5 rings (SSSR count).